The van der Waals surface area contributed by atoms with Crippen LogP contribution in [-0.2, 0) is 4.74 Å². The molecule has 0 spiro atoms. The molecule has 0 saturated heterocycles. The number of carbonyl (C=O) groups excluding carboxylic acids is 2. The third kappa shape index (κ3) is 3.31. The summed E-state index contributed by atoms with van der Waals surface area (Å²) in [5.74, 6) is -0.364. The zero-order valence-electron chi connectivity index (χ0n) is 13.2. The van der Waals surface area contributed by atoms with Crippen LogP contribution in [0.4, 0.5) is 5.00 Å². The van der Waals surface area contributed by atoms with Gasteiger partial charge in [0.1, 0.15) is 5.00 Å². The molecule has 0 bridgehead atoms. The van der Waals surface area contributed by atoms with Crippen molar-refractivity contribution in [1.82, 2.24) is 0 Å². The summed E-state index contributed by atoms with van der Waals surface area (Å²) in [7, 11) is 0. The Balaban J connectivity index is 1.88. The summed E-state index contributed by atoms with van der Waals surface area (Å²) in [4.78, 5) is 24.7. The van der Waals surface area contributed by atoms with Crippen LogP contribution in [0.5, 0.6) is 0 Å². The summed E-state index contributed by atoms with van der Waals surface area (Å²) in [6, 6.07) is 8.46. The number of anilines is 1. The second kappa shape index (κ2) is 6.85. The maximum atomic E-state index is 12.4. The van der Waals surface area contributed by atoms with Crippen LogP contribution in [0.2, 0.25) is 0 Å². The maximum Gasteiger partial charge on any atom is 0.341 e. The molecule has 1 aliphatic rings. The molecule has 1 heterocycles. The number of thiophene rings is 1. The minimum atomic E-state index is -0.401. The first-order valence-corrected chi connectivity index (χ1v) is 8.62. The molecule has 5 nitrogen and oxygen atoms in total. The van der Waals surface area contributed by atoms with Crippen LogP contribution in [0.1, 0.15) is 57.5 Å². The molecule has 24 heavy (non-hydrogen) atoms. The maximum absolute atomic E-state index is 12.4. The van der Waals surface area contributed by atoms with E-state index in [2.05, 4.69) is 5.32 Å². The lowest BCUT2D eigenvalue weighted by Crippen LogP contribution is -2.15. The molecule has 1 amide bonds. The van der Waals surface area contributed by atoms with Crippen molar-refractivity contribution in [2.24, 2.45) is 0 Å². The van der Waals surface area contributed by atoms with Crippen molar-refractivity contribution in [1.29, 1.82) is 5.26 Å². The number of amides is 1. The summed E-state index contributed by atoms with van der Waals surface area (Å²) in [5, 5.41) is 14.2. The zero-order valence-corrected chi connectivity index (χ0v) is 14.0. The molecule has 2 aromatic rings. The van der Waals surface area contributed by atoms with Crippen molar-refractivity contribution in [3.8, 4) is 6.07 Å². The minimum absolute atomic E-state index is 0.288. The number of ether oxygens (including phenoxy) is 1. The lowest BCUT2D eigenvalue weighted by molar-refractivity contribution is 0.0527. The molecule has 6 heteroatoms. The van der Waals surface area contributed by atoms with Crippen LogP contribution in [0.3, 0.4) is 0 Å². The van der Waals surface area contributed by atoms with Crippen LogP contribution in [0.15, 0.2) is 29.6 Å². The number of carbonyl (C=O) groups is 2. The lowest BCUT2D eigenvalue weighted by Gasteiger charge is -2.08. The van der Waals surface area contributed by atoms with Crippen molar-refractivity contribution >= 4 is 28.2 Å². The van der Waals surface area contributed by atoms with Crippen molar-refractivity contribution in [3.05, 3.63) is 51.9 Å². The van der Waals surface area contributed by atoms with Crippen LogP contribution < -0.4 is 5.32 Å². The predicted octanol–water partition coefficient (Wildman–Crippen LogP) is 3.93. The molecule has 0 radical (unpaired) electrons. The Morgan fingerprint density at radius 2 is 2.21 bits per heavy atom. The molecular weight excluding hydrogens is 324 g/mol. The third-order valence-electron chi connectivity index (χ3n) is 3.80. The Morgan fingerprint density at radius 1 is 1.42 bits per heavy atom. The molecule has 1 saturated carbocycles. The van der Waals surface area contributed by atoms with Gasteiger partial charge in [0, 0.05) is 5.56 Å². The molecule has 1 aliphatic carbocycles. The Bertz CT molecular complexity index is 831. The summed E-state index contributed by atoms with van der Waals surface area (Å²) in [5.41, 5.74) is 2.22. The summed E-state index contributed by atoms with van der Waals surface area (Å²) in [6.07, 6.45) is 2.11. The second-order valence-corrected chi connectivity index (χ2v) is 6.42. The highest BCUT2D eigenvalue weighted by atomic mass is 32.1. The smallest absolute Gasteiger partial charge is 0.341 e. The highest BCUT2D eigenvalue weighted by Crippen LogP contribution is 2.46. The van der Waals surface area contributed by atoms with Gasteiger partial charge in [-0.15, -0.1) is 11.3 Å². The highest BCUT2D eigenvalue weighted by molar-refractivity contribution is 7.15. The van der Waals surface area contributed by atoms with Crippen molar-refractivity contribution in [3.63, 3.8) is 0 Å². The molecule has 122 valence electrons. The molecule has 1 fully saturated rings. The van der Waals surface area contributed by atoms with E-state index in [0.29, 0.717) is 27.6 Å². The van der Waals surface area contributed by atoms with Crippen molar-refractivity contribution < 1.29 is 14.3 Å². The van der Waals surface area contributed by atoms with Gasteiger partial charge in [-0.25, -0.2) is 4.79 Å². The Kier molecular flexibility index (Phi) is 4.63. The van der Waals surface area contributed by atoms with Crippen LogP contribution in [0, 0.1) is 11.3 Å². The first kappa shape index (κ1) is 16.2. The number of hydrogen-bond donors (Lipinski definition) is 1. The molecule has 0 unspecified atom stereocenters. The molecule has 1 N–H and O–H groups in total. The fourth-order valence-electron chi connectivity index (χ4n) is 2.48. The number of nitrogens with zero attached hydrogens (tertiary/aromatic N) is 1. The van der Waals surface area contributed by atoms with Gasteiger partial charge in [-0.1, -0.05) is 6.07 Å². The van der Waals surface area contributed by atoms with E-state index >= 15 is 0 Å². The van der Waals surface area contributed by atoms with E-state index in [1.807, 2.05) is 11.4 Å². The number of nitrogens with one attached hydrogen (secondary N) is 1. The number of benzene rings is 1. The summed E-state index contributed by atoms with van der Waals surface area (Å²) >= 11 is 1.33. The van der Waals surface area contributed by atoms with E-state index in [-0.39, 0.29) is 12.5 Å². The fourth-order valence-corrected chi connectivity index (χ4v) is 3.50. The second-order valence-electron chi connectivity index (χ2n) is 5.54. The SMILES string of the molecule is CCOC(=O)c1c(C2CC2)csc1NC(=O)c1cccc(C#N)c1. The van der Waals surface area contributed by atoms with E-state index in [9.17, 15) is 9.59 Å². The van der Waals surface area contributed by atoms with Crippen LogP contribution >= 0.6 is 11.3 Å². The Morgan fingerprint density at radius 3 is 2.88 bits per heavy atom. The largest absolute Gasteiger partial charge is 0.462 e. The van der Waals surface area contributed by atoms with Gasteiger partial charge in [0.25, 0.3) is 5.91 Å². The zero-order chi connectivity index (χ0) is 17.1. The third-order valence-corrected chi connectivity index (χ3v) is 4.71. The molecule has 0 atom stereocenters. The van der Waals surface area contributed by atoms with Gasteiger partial charge in [0.05, 0.1) is 23.8 Å². The molecule has 1 aromatic heterocycles. The lowest BCUT2D eigenvalue weighted by atomic mass is 10.1. The van der Waals surface area contributed by atoms with E-state index in [1.54, 1.807) is 25.1 Å². The molecule has 1 aromatic carbocycles. The van der Waals surface area contributed by atoms with E-state index < -0.39 is 5.97 Å². The van der Waals surface area contributed by atoms with Gasteiger partial charge >= 0.3 is 5.97 Å². The predicted molar refractivity (Wildman–Crippen MR) is 91.4 cm³/mol. The number of esters is 1. The average molecular weight is 340 g/mol. The number of rotatable bonds is 5. The fraction of sp³-hybridized carbons (Fsp3) is 0.278. The standard InChI is InChI=1S/C18H16N2O3S/c1-2-23-18(22)15-14(12-6-7-12)10-24-17(15)20-16(21)13-5-3-4-11(8-13)9-19/h3-5,8,10,12H,2,6-7H2,1H3,(H,20,21). The van der Waals surface area contributed by atoms with Crippen molar-refractivity contribution in [2.75, 3.05) is 11.9 Å². The first-order chi connectivity index (χ1) is 11.6. The van der Waals surface area contributed by atoms with Gasteiger partial charge in [0.2, 0.25) is 0 Å². The monoisotopic (exact) mass is 340 g/mol. The molecular formula is C18H16N2O3S. The quantitative estimate of drug-likeness (QED) is 0.837. The normalized spacial score (nSPS) is 13.2. The van der Waals surface area contributed by atoms with E-state index in [4.69, 9.17) is 10.00 Å². The van der Waals surface area contributed by atoms with E-state index in [1.165, 1.54) is 17.4 Å². The highest BCUT2D eigenvalue weighted by Gasteiger charge is 2.32. The van der Waals surface area contributed by atoms with Gasteiger partial charge in [-0.05, 0) is 54.8 Å². The average Bonchev–Trinajstić information content (AvgIpc) is 3.36. The van der Waals surface area contributed by atoms with Gasteiger partial charge < -0.3 is 10.1 Å². The van der Waals surface area contributed by atoms with Gasteiger partial charge in [0.15, 0.2) is 0 Å². The summed E-state index contributed by atoms with van der Waals surface area (Å²) in [6.45, 7) is 2.04. The summed E-state index contributed by atoms with van der Waals surface area (Å²) < 4.78 is 5.14. The van der Waals surface area contributed by atoms with Crippen LogP contribution in [0.25, 0.3) is 0 Å². The van der Waals surface area contributed by atoms with E-state index in [0.717, 1.165) is 18.4 Å². The van der Waals surface area contributed by atoms with Gasteiger partial charge in [-0.2, -0.15) is 5.26 Å². The van der Waals surface area contributed by atoms with Gasteiger partial charge in [-0.3, -0.25) is 4.79 Å². The number of nitriles is 1. The molecule has 3 rings (SSSR count). The minimum Gasteiger partial charge on any atom is -0.462 e. The van der Waals surface area contributed by atoms with Crippen molar-refractivity contribution in [2.45, 2.75) is 25.7 Å². The number of hydrogen-bond acceptors (Lipinski definition) is 5. The Hall–Kier alpha value is -2.65. The van der Waals surface area contributed by atoms with Crippen LogP contribution in [-0.4, -0.2) is 18.5 Å². The topological polar surface area (TPSA) is 79.2 Å². The Labute approximate surface area is 143 Å². The first-order valence-electron chi connectivity index (χ1n) is 7.74. The molecule has 0 aliphatic heterocycles.